The maximum atomic E-state index is 6.29. The number of halogens is 1. The maximum Gasteiger partial charge on any atom is 0.138 e. The molecule has 3 nitrogen and oxygen atoms in total. The molecule has 0 saturated carbocycles. The zero-order chi connectivity index (χ0) is 14.8. The highest BCUT2D eigenvalue weighted by molar-refractivity contribution is 6.34. The SMILES string of the molecule is COC=Cc1cc2c(Cl)nc(C)cc2n1-c1ccccc1. The van der Waals surface area contributed by atoms with E-state index in [4.69, 9.17) is 16.3 Å². The summed E-state index contributed by atoms with van der Waals surface area (Å²) in [5.74, 6) is 0. The summed E-state index contributed by atoms with van der Waals surface area (Å²) in [6, 6.07) is 14.2. The Hall–Kier alpha value is -2.26. The minimum atomic E-state index is 0.520. The molecule has 0 N–H and O–H groups in total. The molecule has 3 aromatic rings. The molecule has 0 aliphatic rings. The molecule has 0 saturated heterocycles. The van der Waals surface area contributed by atoms with Gasteiger partial charge in [-0.25, -0.2) is 4.98 Å². The normalized spacial score (nSPS) is 11.4. The Balaban J connectivity index is 2.35. The van der Waals surface area contributed by atoms with Gasteiger partial charge in [0.1, 0.15) is 5.15 Å². The number of nitrogens with zero attached hydrogens (tertiary/aromatic N) is 2. The second-order valence-electron chi connectivity index (χ2n) is 4.77. The number of aryl methyl sites for hydroxylation is 1. The van der Waals surface area contributed by atoms with Gasteiger partial charge in [-0.1, -0.05) is 29.8 Å². The van der Waals surface area contributed by atoms with Gasteiger partial charge in [-0.2, -0.15) is 0 Å². The first-order valence-corrected chi connectivity index (χ1v) is 7.02. The van der Waals surface area contributed by atoms with Crippen molar-refractivity contribution < 1.29 is 4.74 Å². The van der Waals surface area contributed by atoms with Crippen LogP contribution in [0.1, 0.15) is 11.4 Å². The second-order valence-corrected chi connectivity index (χ2v) is 5.12. The van der Waals surface area contributed by atoms with Crippen molar-refractivity contribution in [3.8, 4) is 5.69 Å². The van der Waals surface area contributed by atoms with Gasteiger partial charge in [0.05, 0.1) is 18.9 Å². The van der Waals surface area contributed by atoms with Crippen LogP contribution in [0.5, 0.6) is 0 Å². The molecular weight excluding hydrogens is 284 g/mol. The van der Waals surface area contributed by atoms with E-state index >= 15 is 0 Å². The molecule has 2 aromatic heterocycles. The predicted octanol–water partition coefficient (Wildman–Crippen LogP) is 4.60. The van der Waals surface area contributed by atoms with Crippen LogP contribution < -0.4 is 0 Å². The fourth-order valence-electron chi connectivity index (χ4n) is 2.42. The number of para-hydroxylation sites is 1. The van der Waals surface area contributed by atoms with Crippen molar-refractivity contribution in [1.82, 2.24) is 9.55 Å². The highest BCUT2D eigenvalue weighted by Gasteiger charge is 2.12. The third kappa shape index (κ3) is 2.52. The summed E-state index contributed by atoms with van der Waals surface area (Å²) in [7, 11) is 1.63. The van der Waals surface area contributed by atoms with E-state index in [0.29, 0.717) is 5.15 Å². The van der Waals surface area contributed by atoms with Crippen LogP contribution >= 0.6 is 11.6 Å². The zero-order valence-corrected chi connectivity index (χ0v) is 12.6. The van der Waals surface area contributed by atoms with Crippen LogP contribution in [0.3, 0.4) is 0 Å². The van der Waals surface area contributed by atoms with Crippen LogP contribution in [-0.2, 0) is 4.74 Å². The van der Waals surface area contributed by atoms with Gasteiger partial charge < -0.3 is 9.30 Å². The quantitative estimate of drug-likeness (QED) is 0.522. The van der Waals surface area contributed by atoms with Crippen LogP contribution in [0.15, 0.2) is 48.7 Å². The van der Waals surface area contributed by atoms with Gasteiger partial charge in [-0.05, 0) is 37.3 Å². The Morgan fingerprint density at radius 1 is 1.19 bits per heavy atom. The Morgan fingerprint density at radius 3 is 2.67 bits per heavy atom. The molecule has 0 radical (unpaired) electrons. The molecule has 0 amide bonds. The standard InChI is InChI=1S/C17H15ClN2O/c1-12-10-16-15(17(18)19-12)11-14(8-9-21-2)20(16)13-6-4-3-5-7-13/h3-11H,1-2H3. The van der Waals surface area contributed by atoms with Crippen molar-refractivity contribution in [2.75, 3.05) is 7.11 Å². The molecule has 1 aromatic carbocycles. The Bertz CT molecular complexity index is 807. The molecule has 21 heavy (non-hydrogen) atoms. The fourth-order valence-corrected chi connectivity index (χ4v) is 2.71. The molecule has 3 rings (SSSR count). The van der Waals surface area contributed by atoms with Gasteiger partial charge in [-0.15, -0.1) is 0 Å². The Kier molecular flexibility index (Phi) is 3.67. The highest BCUT2D eigenvalue weighted by Crippen LogP contribution is 2.30. The average Bonchev–Trinajstić information content (AvgIpc) is 2.84. The number of methoxy groups -OCH3 is 1. The highest BCUT2D eigenvalue weighted by atomic mass is 35.5. The minimum absolute atomic E-state index is 0.520. The first-order valence-electron chi connectivity index (χ1n) is 6.64. The molecule has 2 heterocycles. The van der Waals surface area contributed by atoms with Crippen LogP contribution in [0, 0.1) is 6.92 Å². The molecule has 106 valence electrons. The number of hydrogen-bond donors (Lipinski definition) is 0. The van der Waals surface area contributed by atoms with E-state index in [1.807, 2.05) is 43.3 Å². The van der Waals surface area contributed by atoms with Gasteiger partial charge in [0, 0.05) is 22.5 Å². The summed E-state index contributed by atoms with van der Waals surface area (Å²) in [5.41, 5.74) is 4.00. The lowest BCUT2D eigenvalue weighted by atomic mass is 10.2. The Labute approximate surface area is 128 Å². The lowest BCUT2D eigenvalue weighted by Crippen LogP contribution is -1.96. The third-order valence-electron chi connectivity index (χ3n) is 3.30. The van der Waals surface area contributed by atoms with E-state index in [1.165, 1.54) is 0 Å². The van der Waals surface area contributed by atoms with Gasteiger partial charge in [0.25, 0.3) is 0 Å². The van der Waals surface area contributed by atoms with E-state index in [0.717, 1.165) is 28.0 Å². The van der Waals surface area contributed by atoms with Crippen LogP contribution in [0.2, 0.25) is 5.15 Å². The number of fused-ring (bicyclic) bond motifs is 1. The summed E-state index contributed by atoms with van der Waals surface area (Å²) < 4.78 is 7.19. The van der Waals surface area contributed by atoms with Gasteiger partial charge in [0.2, 0.25) is 0 Å². The van der Waals surface area contributed by atoms with Crippen molar-refractivity contribution in [3.05, 3.63) is 65.3 Å². The number of rotatable bonds is 3. The summed E-state index contributed by atoms with van der Waals surface area (Å²) in [4.78, 5) is 4.33. The van der Waals surface area contributed by atoms with E-state index in [9.17, 15) is 0 Å². The predicted molar refractivity (Wildman–Crippen MR) is 86.9 cm³/mol. The van der Waals surface area contributed by atoms with Gasteiger partial charge in [0.15, 0.2) is 0 Å². The molecular formula is C17H15ClN2O. The zero-order valence-electron chi connectivity index (χ0n) is 11.9. The van der Waals surface area contributed by atoms with E-state index in [2.05, 4.69) is 21.7 Å². The topological polar surface area (TPSA) is 27.1 Å². The smallest absolute Gasteiger partial charge is 0.138 e. The second kappa shape index (κ2) is 5.62. The lowest BCUT2D eigenvalue weighted by molar-refractivity contribution is 0.341. The molecule has 0 unspecified atom stereocenters. The molecule has 0 bridgehead atoms. The van der Waals surface area contributed by atoms with Crippen molar-refractivity contribution >= 4 is 28.6 Å². The monoisotopic (exact) mass is 298 g/mol. The molecule has 4 heteroatoms. The fraction of sp³-hybridized carbons (Fsp3) is 0.118. The lowest BCUT2D eigenvalue weighted by Gasteiger charge is -2.09. The number of benzene rings is 1. The molecule has 0 atom stereocenters. The van der Waals surface area contributed by atoms with E-state index in [1.54, 1.807) is 13.4 Å². The van der Waals surface area contributed by atoms with Crippen LogP contribution in [0.4, 0.5) is 0 Å². The summed E-state index contributed by atoms with van der Waals surface area (Å²) >= 11 is 6.29. The van der Waals surface area contributed by atoms with E-state index < -0.39 is 0 Å². The van der Waals surface area contributed by atoms with Crippen LogP contribution in [0.25, 0.3) is 22.7 Å². The Morgan fingerprint density at radius 2 is 1.95 bits per heavy atom. The van der Waals surface area contributed by atoms with Crippen LogP contribution in [-0.4, -0.2) is 16.7 Å². The van der Waals surface area contributed by atoms with Crippen molar-refractivity contribution in [2.24, 2.45) is 0 Å². The first-order chi connectivity index (χ1) is 10.2. The van der Waals surface area contributed by atoms with Crippen molar-refractivity contribution in [1.29, 1.82) is 0 Å². The molecule has 0 fully saturated rings. The largest absolute Gasteiger partial charge is 0.504 e. The van der Waals surface area contributed by atoms with E-state index in [-0.39, 0.29) is 0 Å². The number of pyridine rings is 1. The third-order valence-corrected chi connectivity index (χ3v) is 3.59. The molecule has 0 aliphatic carbocycles. The number of hydrogen-bond acceptors (Lipinski definition) is 2. The van der Waals surface area contributed by atoms with Gasteiger partial charge in [-0.3, -0.25) is 0 Å². The number of ether oxygens (including phenoxy) is 1. The summed E-state index contributed by atoms with van der Waals surface area (Å²) in [5, 5.41) is 1.45. The average molecular weight is 299 g/mol. The minimum Gasteiger partial charge on any atom is -0.504 e. The van der Waals surface area contributed by atoms with Crippen molar-refractivity contribution in [2.45, 2.75) is 6.92 Å². The summed E-state index contributed by atoms with van der Waals surface area (Å²) in [6.45, 7) is 1.94. The van der Waals surface area contributed by atoms with Crippen molar-refractivity contribution in [3.63, 3.8) is 0 Å². The molecule has 0 aliphatic heterocycles. The first kappa shape index (κ1) is 13.7. The summed E-state index contributed by atoms with van der Waals surface area (Å²) in [6.07, 6.45) is 3.57. The maximum absolute atomic E-state index is 6.29. The van der Waals surface area contributed by atoms with Gasteiger partial charge >= 0.3 is 0 Å². The number of aromatic nitrogens is 2. The molecule has 0 spiro atoms.